The molecule has 2 aliphatic heterocycles. The fraction of sp³-hybridized carbons (Fsp3) is 0.368. The van der Waals surface area contributed by atoms with Crippen molar-refractivity contribution in [2.75, 3.05) is 37.6 Å². The lowest BCUT2D eigenvalue weighted by molar-refractivity contribution is -0.253. The Balaban J connectivity index is 1.16. The van der Waals surface area contributed by atoms with E-state index in [9.17, 15) is 14.7 Å². The van der Waals surface area contributed by atoms with Crippen molar-refractivity contribution < 1.29 is 28.9 Å². The molecule has 2 fully saturated rings. The molecule has 0 unspecified atom stereocenters. The Morgan fingerprint density at radius 2 is 1.61 bits per heavy atom. The van der Waals surface area contributed by atoms with Crippen molar-refractivity contribution in [2.24, 2.45) is 0 Å². The summed E-state index contributed by atoms with van der Waals surface area (Å²) >= 11 is 0. The minimum absolute atomic E-state index is 0.00602. The van der Waals surface area contributed by atoms with Crippen LogP contribution in [0.15, 0.2) is 91.3 Å². The topological polar surface area (TPSA) is 126 Å². The van der Waals surface area contributed by atoms with Crippen molar-refractivity contribution in [1.82, 2.24) is 20.2 Å². The number of carbonyl (C=O) groups is 2. The van der Waals surface area contributed by atoms with Crippen LogP contribution in [0, 0.1) is 0 Å². The van der Waals surface area contributed by atoms with Gasteiger partial charge in [-0.25, -0.2) is 9.97 Å². The third-order valence-corrected chi connectivity index (χ3v) is 8.88. The summed E-state index contributed by atoms with van der Waals surface area (Å²) in [5, 5.41) is 12.4. The van der Waals surface area contributed by atoms with Gasteiger partial charge in [0.2, 0.25) is 5.95 Å². The van der Waals surface area contributed by atoms with E-state index in [2.05, 4.69) is 31.2 Å². The first-order valence-electron chi connectivity index (χ1n) is 16.7. The first-order chi connectivity index (χ1) is 23.8. The molecular formula is C38H43N5O6. The number of hydrogen-bond donors (Lipinski definition) is 2. The van der Waals surface area contributed by atoms with E-state index >= 15 is 0 Å². The first-order valence-corrected chi connectivity index (χ1v) is 16.7. The van der Waals surface area contributed by atoms with Gasteiger partial charge in [-0.2, -0.15) is 0 Å². The number of hydrogen-bond acceptors (Lipinski definition) is 10. The van der Waals surface area contributed by atoms with Crippen LogP contribution < -0.4 is 10.2 Å². The summed E-state index contributed by atoms with van der Waals surface area (Å²) in [5.41, 5.74) is 5.73. The fourth-order valence-electron chi connectivity index (χ4n) is 6.27. The van der Waals surface area contributed by atoms with Crippen LogP contribution >= 0.6 is 0 Å². The lowest BCUT2D eigenvalue weighted by Gasteiger charge is -2.40. The lowest BCUT2D eigenvalue weighted by Crippen LogP contribution is -2.50. The Morgan fingerprint density at radius 1 is 0.898 bits per heavy atom. The van der Waals surface area contributed by atoms with E-state index in [4.69, 9.17) is 14.2 Å². The van der Waals surface area contributed by atoms with Gasteiger partial charge in [-0.1, -0.05) is 60.7 Å². The molecule has 0 radical (unpaired) electrons. The molecule has 0 bridgehead atoms. The number of nitrogens with zero attached hydrogens (tertiary/aromatic N) is 4. The second kappa shape index (κ2) is 16.1. The van der Waals surface area contributed by atoms with Crippen molar-refractivity contribution >= 4 is 17.8 Å². The minimum atomic E-state index is -0.860. The predicted molar refractivity (Wildman–Crippen MR) is 184 cm³/mol. The van der Waals surface area contributed by atoms with Crippen LogP contribution in [-0.2, 0) is 37.0 Å². The highest BCUT2D eigenvalue weighted by molar-refractivity contribution is 5.82. The van der Waals surface area contributed by atoms with E-state index in [-0.39, 0.29) is 24.7 Å². The van der Waals surface area contributed by atoms with Gasteiger partial charge in [-0.15, -0.1) is 0 Å². The van der Waals surface area contributed by atoms with Gasteiger partial charge in [-0.05, 0) is 52.9 Å². The molecule has 1 amide bonds. The van der Waals surface area contributed by atoms with Crippen LogP contribution in [0.2, 0.25) is 0 Å². The Hall–Kier alpha value is -4.68. The zero-order chi connectivity index (χ0) is 34.2. The normalized spacial score (nSPS) is 20.4. The largest absolute Gasteiger partial charge is 0.453 e. The Kier molecular flexibility index (Phi) is 11.3. The van der Waals surface area contributed by atoms with Gasteiger partial charge >= 0.3 is 5.97 Å². The maximum Gasteiger partial charge on any atom is 0.303 e. The number of anilines is 1. The molecule has 2 N–H and O–H groups in total. The monoisotopic (exact) mass is 665 g/mol. The molecule has 256 valence electrons. The van der Waals surface area contributed by atoms with Crippen molar-refractivity contribution in [3.8, 4) is 11.1 Å². The third kappa shape index (κ3) is 9.07. The van der Waals surface area contributed by atoms with Crippen LogP contribution in [0.4, 0.5) is 5.95 Å². The number of esters is 1. The highest BCUT2D eigenvalue weighted by Gasteiger charge is 2.34. The van der Waals surface area contributed by atoms with Gasteiger partial charge in [0.25, 0.3) is 5.91 Å². The Labute approximate surface area is 286 Å². The quantitative estimate of drug-likeness (QED) is 0.220. The van der Waals surface area contributed by atoms with Crippen molar-refractivity contribution in [2.45, 2.75) is 58.0 Å². The fourth-order valence-corrected chi connectivity index (χ4v) is 6.27. The van der Waals surface area contributed by atoms with Crippen LogP contribution in [-0.4, -0.2) is 76.8 Å². The molecule has 0 spiro atoms. The van der Waals surface area contributed by atoms with Crippen molar-refractivity contribution in [3.05, 3.63) is 114 Å². The number of nitrogens with one attached hydrogen (secondary N) is 1. The number of carbonyl (C=O) groups excluding carboxylic acids is 2. The summed E-state index contributed by atoms with van der Waals surface area (Å²) in [6.07, 6.45) is 2.58. The lowest BCUT2D eigenvalue weighted by atomic mass is 9.98. The second-order valence-corrected chi connectivity index (χ2v) is 12.5. The number of benzene rings is 3. The molecule has 49 heavy (non-hydrogen) atoms. The van der Waals surface area contributed by atoms with E-state index in [1.165, 1.54) is 6.92 Å². The standard InChI is InChI=1S/C38H43N5O6/c1-26(47-27(2)45)36(46)41-23-29-6-3-7-31(20-29)32-8-4-9-33(21-32)37-48-34(22-35(49-37)30-12-10-28(25-44)11-13-30)24-42-16-18-43(19-17-42)38-39-14-5-15-40-38/h3-15,20-21,26,34-35,37,44H,16-19,22-25H2,1-2H3,(H,41,46)/t26-,34+,35-,37-/m0/s1. The number of ether oxygens (including phenoxy) is 3. The van der Waals surface area contributed by atoms with Gasteiger partial charge in [0.1, 0.15) is 0 Å². The highest BCUT2D eigenvalue weighted by Crippen LogP contribution is 2.39. The first kappa shape index (κ1) is 34.2. The van der Waals surface area contributed by atoms with E-state index < -0.39 is 18.4 Å². The number of aliphatic hydroxyl groups excluding tert-OH is 1. The van der Waals surface area contributed by atoms with Gasteiger partial charge in [0.15, 0.2) is 12.4 Å². The summed E-state index contributed by atoms with van der Waals surface area (Å²) in [6, 6.07) is 25.9. The molecule has 3 heterocycles. The molecule has 11 nitrogen and oxygen atoms in total. The zero-order valence-corrected chi connectivity index (χ0v) is 27.9. The molecule has 0 aliphatic carbocycles. The summed E-state index contributed by atoms with van der Waals surface area (Å²) in [5.74, 6) is -0.0822. The number of aliphatic hydroxyl groups is 1. The minimum Gasteiger partial charge on any atom is -0.453 e. The third-order valence-electron chi connectivity index (χ3n) is 8.88. The number of amides is 1. The van der Waals surface area contributed by atoms with Gasteiger partial charge in [0.05, 0.1) is 18.8 Å². The Morgan fingerprint density at radius 3 is 2.33 bits per heavy atom. The van der Waals surface area contributed by atoms with Crippen LogP contribution in [0.3, 0.4) is 0 Å². The molecule has 1 aromatic heterocycles. The second-order valence-electron chi connectivity index (χ2n) is 12.5. The van der Waals surface area contributed by atoms with Gasteiger partial charge in [0, 0.05) is 70.6 Å². The van der Waals surface area contributed by atoms with Crippen molar-refractivity contribution in [3.63, 3.8) is 0 Å². The molecule has 2 aliphatic rings. The summed E-state index contributed by atoms with van der Waals surface area (Å²) in [4.78, 5) is 37.1. The van der Waals surface area contributed by atoms with E-state index in [0.717, 1.165) is 72.1 Å². The van der Waals surface area contributed by atoms with Crippen LogP contribution in [0.1, 0.15) is 54.9 Å². The molecule has 4 aromatic rings. The smallest absolute Gasteiger partial charge is 0.303 e. The van der Waals surface area contributed by atoms with Gasteiger partial charge in [-0.3, -0.25) is 14.5 Å². The van der Waals surface area contributed by atoms with E-state index in [0.29, 0.717) is 13.0 Å². The Bertz CT molecular complexity index is 1700. The maximum atomic E-state index is 12.4. The number of aromatic nitrogens is 2. The number of piperazine rings is 1. The molecule has 0 saturated carbocycles. The van der Waals surface area contributed by atoms with Crippen molar-refractivity contribution in [1.29, 1.82) is 0 Å². The number of rotatable bonds is 11. The van der Waals surface area contributed by atoms with E-state index in [1.54, 1.807) is 19.3 Å². The molecule has 6 rings (SSSR count). The SMILES string of the molecule is CC(=O)O[C@@H](C)C(=O)NCc1cccc(-c2cccc([C@H]3O[C@@H](CN4CCN(c5ncccn5)CC4)C[C@@H](c4ccc(CO)cc4)O3)c2)c1. The van der Waals surface area contributed by atoms with Crippen LogP contribution in [0.5, 0.6) is 0 Å². The average Bonchev–Trinajstić information content (AvgIpc) is 3.14. The molecule has 3 aromatic carbocycles. The molecular weight excluding hydrogens is 622 g/mol. The summed E-state index contributed by atoms with van der Waals surface area (Å²) in [6.45, 7) is 7.36. The maximum absolute atomic E-state index is 12.4. The van der Waals surface area contributed by atoms with E-state index in [1.807, 2.05) is 72.8 Å². The molecule has 2 saturated heterocycles. The average molecular weight is 666 g/mol. The predicted octanol–water partition coefficient (Wildman–Crippen LogP) is 4.57. The molecule has 4 atom stereocenters. The summed E-state index contributed by atoms with van der Waals surface area (Å²) in [7, 11) is 0. The van der Waals surface area contributed by atoms with Gasteiger partial charge < -0.3 is 29.5 Å². The summed E-state index contributed by atoms with van der Waals surface area (Å²) < 4.78 is 18.3. The highest BCUT2D eigenvalue weighted by atomic mass is 16.7. The zero-order valence-electron chi connectivity index (χ0n) is 27.9. The van der Waals surface area contributed by atoms with Crippen LogP contribution in [0.25, 0.3) is 11.1 Å². The molecule has 11 heteroatoms.